The van der Waals surface area contributed by atoms with Gasteiger partial charge in [0.15, 0.2) is 0 Å². The highest BCUT2D eigenvalue weighted by Gasteiger charge is 2.31. The minimum Gasteiger partial charge on any atom is -0.320 e. The van der Waals surface area contributed by atoms with E-state index in [0.717, 1.165) is 17.0 Å². The Morgan fingerprint density at radius 2 is 1.95 bits per heavy atom. The fraction of sp³-hybridized carbons (Fsp3) is 0.231. The molecule has 0 spiro atoms. The maximum Gasteiger partial charge on any atom is 0.416 e. The van der Waals surface area contributed by atoms with Gasteiger partial charge in [-0.15, -0.1) is 11.3 Å². The number of rotatable bonds is 2. The van der Waals surface area contributed by atoms with Crippen molar-refractivity contribution >= 4 is 22.9 Å². The fourth-order valence-electron chi connectivity index (χ4n) is 1.87. The van der Waals surface area contributed by atoms with Crippen molar-refractivity contribution < 1.29 is 13.2 Å². The van der Waals surface area contributed by atoms with Gasteiger partial charge in [-0.2, -0.15) is 13.2 Å². The number of benzene rings is 1. The Balaban J connectivity index is 2.39. The van der Waals surface area contributed by atoms with Crippen molar-refractivity contribution in [2.24, 2.45) is 5.73 Å². The molecule has 1 aromatic heterocycles. The van der Waals surface area contributed by atoms with Crippen LogP contribution in [0, 0.1) is 6.92 Å². The van der Waals surface area contributed by atoms with Gasteiger partial charge in [-0.3, -0.25) is 0 Å². The number of hydrogen-bond acceptors (Lipinski definition) is 2. The van der Waals surface area contributed by atoms with Gasteiger partial charge in [0.05, 0.1) is 16.6 Å². The smallest absolute Gasteiger partial charge is 0.320 e. The molecule has 1 aromatic carbocycles. The highest BCUT2D eigenvalue weighted by Crippen LogP contribution is 2.35. The van der Waals surface area contributed by atoms with Gasteiger partial charge in [0.2, 0.25) is 0 Å². The molecule has 19 heavy (non-hydrogen) atoms. The summed E-state index contributed by atoms with van der Waals surface area (Å²) >= 11 is 7.38. The van der Waals surface area contributed by atoms with E-state index >= 15 is 0 Å². The second kappa shape index (κ2) is 5.15. The van der Waals surface area contributed by atoms with Crippen LogP contribution in [-0.2, 0) is 6.18 Å². The molecule has 0 aliphatic carbocycles. The molecule has 0 saturated carbocycles. The summed E-state index contributed by atoms with van der Waals surface area (Å²) in [4.78, 5) is 0.754. The van der Waals surface area contributed by atoms with Crippen molar-refractivity contribution in [3.63, 3.8) is 0 Å². The van der Waals surface area contributed by atoms with Crippen LogP contribution < -0.4 is 5.73 Å². The van der Waals surface area contributed by atoms with E-state index in [1.807, 2.05) is 0 Å². The number of aryl methyl sites for hydroxylation is 1. The first kappa shape index (κ1) is 14.4. The van der Waals surface area contributed by atoms with Crippen molar-refractivity contribution in [2.45, 2.75) is 19.1 Å². The topological polar surface area (TPSA) is 26.0 Å². The molecule has 2 rings (SSSR count). The van der Waals surface area contributed by atoms with Gasteiger partial charge in [-0.05, 0) is 41.6 Å². The Labute approximate surface area is 117 Å². The van der Waals surface area contributed by atoms with Crippen LogP contribution >= 0.6 is 22.9 Å². The Kier molecular flexibility index (Phi) is 3.90. The van der Waals surface area contributed by atoms with Crippen LogP contribution in [0.5, 0.6) is 0 Å². The van der Waals surface area contributed by atoms with Crippen molar-refractivity contribution in [1.82, 2.24) is 0 Å². The van der Waals surface area contributed by atoms with E-state index in [9.17, 15) is 13.2 Å². The second-order valence-electron chi connectivity index (χ2n) is 4.18. The van der Waals surface area contributed by atoms with E-state index in [4.69, 9.17) is 17.3 Å². The third-order valence-corrected chi connectivity index (χ3v) is 4.30. The molecule has 0 aliphatic rings. The molecule has 1 heterocycles. The molecule has 0 aliphatic heterocycles. The van der Waals surface area contributed by atoms with Gasteiger partial charge in [0.25, 0.3) is 0 Å². The van der Waals surface area contributed by atoms with Crippen LogP contribution in [-0.4, -0.2) is 0 Å². The SMILES string of the molecule is Cc1cc(C(F)(F)F)ccc1C(N)c1sccc1Cl. The van der Waals surface area contributed by atoms with E-state index in [-0.39, 0.29) is 0 Å². The number of alkyl halides is 3. The molecular formula is C13H11ClF3NS. The van der Waals surface area contributed by atoms with Gasteiger partial charge in [-0.1, -0.05) is 17.7 Å². The Morgan fingerprint density at radius 1 is 1.26 bits per heavy atom. The lowest BCUT2D eigenvalue weighted by Gasteiger charge is -2.16. The van der Waals surface area contributed by atoms with E-state index < -0.39 is 17.8 Å². The zero-order valence-corrected chi connectivity index (χ0v) is 11.5. The van der Waals surface area contributed by atoms with Gasteiger partial charge >= 0.3 is 6.18 Å². The molecule has 0 saturated heterocycles. The molecule has 0 fully saturated rings. The molecule has 0 bridgehead atoms. The number of halogens is 4. The van der Waals surface area contributed by atoms with Crippen molar-refractivity contribution in [3.8, 4) is 0 Å². The van der Waals surface area contributed by atoms with Crippen LogP contribution in [0.15, 0.2) is 29.6 Å². The molecule has 102 valence electrons. The van der Waals surface area contributed by atoms with Crippen molar-refractivity contribution in [1.29, 1.82) is 0 Å². The molecular weight excluding hydrogens is 295 g/mol. The Bertz CT molecular complexity index is 592. The van der Waals surface area contributed by atoms with Gasteiger partial charge < -0.3 is 5.73 Å². The van der Waals surface area contributed by atoms with Crippen molar-refractivity contribution in [3.05, 3.63) is 56.2 Å². The zero-order chi connectivity index (χ0) is 14.2. The van der Waals surface area contributed by atoms with E-state index in [2.05, 4.69) is 0 Å². The first-order valence-electron chi connectivity index (χ1n) is 5.47. The number of thiophene rings is 1. The minimum absolute atomic E-state index is 0.505. The van der Waals surface area contributed by atoms with Crippen LogP contribution in [0.3, 0.4) is 0 Å². The summed E-state index contributed by atoms with van der Waals surface area (Å²) in [5.74, 6) is 0. The molecule has 1 unspecified atom stereocenters. The van der Waals surface area contributed by atoms with E-state index in [1.165, 1.54) is 17.4 Å². The first-order valence-corrected chi connectivity index (χ1v) is 6.72. The molecule has 6 heteroatoms. The minimum atomic E-state index is -4.34. The maximum atomic E-state index is 12.6. The summed E-state index contributed by atoms with van der Waals surface area (Å²) in [6, 6.07) is 4.79. The summed E-state index contributed by atoms with van der Waals surface area (Å²) in [7, 11) is 0. The molecule has 1 nitrogen and oxygen atoms in total. The van der Waals surface area contributed by atoms with Crippen LogP contribution in [0.4, 0.5) is 13.2 Å². The van der Waals surface area contributed by atoms with Gasteiger partial charge in [-0.25, -0.2) is 0 Å². The van der Waals surface area contributed by atoms with E-state index in [0.29, 0.717) is 16.1 Å². The normalized spacial score (nSPS) is 13.6. The maximum absolute atomic E-state index is 12.6. The molecule has 0 amide bonds. The predicted molar refractivity (Wildman–Crippen MR) is 71.5 cm³/mol. The predicted octanol–water partition coefficient (Wildman–Crippen LogP) is 4.78. The molecule has 0 radical (unpaired) electrons. The third-order valence-electron chi connectivity index (χ3n) is 2.86. The average molecular weight is 306 g/mol. The van der Waals surface area contributed by atoms with Gasteiger partial charge in [0, 0.05) is 4.88 Å². The second-order valence-corrected chi connectivity index (χ2v) is 5.53. The van der Waals surface area contributed by atoms with Crippen LogP contribution in [0.2, 0.25) is 5.02 Å². The fourth-order valence-corrected chi connectivity index (χ4v) is 3.06. The number of nitrogens with two attached hydrogens (primary N) is 1. The summed E-state index contributed by atoms with van der Waals surface area (Å²) in [5, 5.41) is 2.34. The van der Waals surface area contributed by atoms with Crippen molar-refractivity contribution in [2.75, 3.05) is 0 Å². The largest absolute Gasteiger partial charge is 0.416 e. The lowest BCUT2D eigenvalue weighted by atomic mass is 9.98. The monoisotopic (exact) mass is 305 g/mol. The van der Waals surface area contributed by atoms with Gasteiger partial charge in [0.1, 0.15) is 0 Å². The number of hydrogen-bond donors (Lipinski definition) is 1. The molecule has 2 N–H and O–H groups in total. The lowest BCUT2D eigenvalue weighted by molar-refractivity contribution is -0.137. The Hall–Kier alpha value is -1.04. The summed E-state index contributed by atoms with van der Waals surface area (Å²) in [6.45, 7) is 1.62. The van der Waals surface area contributed by atoms with Crippen LogP contribution in [0.1, 0.15) is 27.6 Å². The highest BCUT2D eigenvalue weighted by atomic mass is 35.5. The zero-order valence-electron chi connectivity index (χ0n) is 9.96. The summed E-state index contributed by atoms with van der Waals surface area (Å²) < 4.78 is 37.8. The average Bonchev–Trinajstić information content (AvgIpc) is 2.73. The highest BCUT2D eigenvalue weighted by molar-refractivity contribution is 7.10. The molecule has 2 aromatic rings. The lowest BCUT2D eigenvalue weighted by Crippen LogP contribution is -2.13. The first-order chi connectivity index (χ1) is 8.80. The van der Waals surface area contributed by atoms with E-state index in [1.54, 1.807) is 18.4 Å². The Morgan fingerprint density at radius 3 is 2.42 bits per heavy atom. The standard InChI is InChI=1S/C13H11ClF3NS/c1-7-6-8(13(15,16)17)2-3-9(7)11(18)12-10(14)4-5-19-12/h2-6,11H,18H2,1H3. The van der Waals surface area contributed by atoms with Crippen LogP contribution in [0.25, 0.3) is 0 Å². The third kappa shape index (κ3) is 2.94. The molecule has 1 atom stereocenters. The quantitative estimate of drug-likeness (QED) is 0.849. The summed E-state index contributed by atoms with van der Waals surface area (Å²) in [6.07, 6.45) is -4.34. The summed E-state index contributed by atoms with van der Waals surface area (Å²) in [5.41, 5.74) is 6.55.